The first kappa shape index (κ1) is 17.6. The van der Waals surface area contributed by atoms with E-state index in [0.717, 1.165) is 18.8 Å². The summed E-state index contributed by atoms with van der Waals surface area (Å²) in [5.74, 6) is -0.913. The van der Waals surface area contributed by atoms with E-state index in [1.807, 2.05) is 24.3 Å². The van der Waals surface area contributed by atoms with Crippen molar-refractivity contribution in [3.8, 4) is 0 Å². The monoisotopic (exact) mass is 349 g/mol. The third-order valence-corrected chi connectivity index (χ3v) is 4.06. The lowest BCUT2D eigenvalue weighted by molar-refractivity contribution is 0.102. The number of carbonyl (C=O) groups excluding carboxylic acids is 1. The minimum absolute atomic E-state index is 0.140. The van der Waals surface area contributed by atoms with Crippen LogP contribution in [0.1, 0.15) is 23.0 Å². The topological polar surface area (TPSA) is 45.2 Å². The number of anilines is 2. The van der Waals surface area contributed by atoms with E-state index >= 15 is 0 Å². The average Bonchev–Trinajstić information content (AvgIpc) is 2.69. The summed E-state index contributed by atoms with van der Waals surface area (Å²) in [6.07, 6.45) is 1.60. The lowest BCUT2D eigenvalue weighted by Crippen LogP contribution is -2.23. The van der Waals surface area contributed by atoms with Gasteiger partial charge in [0.25, 0.3) is 5.91 Å². The normalized spacial score (nSPS) is 10.4. The first-order valence-electron chi connectivity index (χ1n) is 8.48. The summed E-state index contributed by atoms with van der Waals surface area (Å²) in [5.41, 5.74) is 2.46. The van der Waals surface area contributed by atoms with Crippen LogP contribution in [0.15, 0.2) is 72.9 Å². The Hall–Kier alpha value is -3.21. The van der Waals surface area contributed by atoms with Crippen LogP contribution in [-0.4, -0.2) is 17.4 Å². The van der Waals surface area contributed by atoms with E-state index in [2.05, 4.69) is 34.3 Å². The van der Waals surface area contributed by atoms with Crippen molar-refractivity contribution in [1.82, 2.24) is 4.98 Å². The molecule has 3 aromatic rings. The smallest absolute Gasteiger partial charge is 0.274 e. The molecule has 0 atom stereocenters. The molecule has 5 heteroatoms. The highest BCUT2D eigenvalue weighted by molar-refractivity contribution is 6.03. The maximum absolute atomic E-state index is 13.7. The van der Waals surface area contributed by atoms with Crippen molar-refractivity contribution >= 4 is 17.3 Å². The number of nitrogens with one attached hydrogen (secondary N) is 1. The molecule has 2 aromatic carbocycles. The zero-order valence-electron chi connectivity index (χ0n) is 14.5. The fourth-order valence-electron chi connectivity index (χ4n) is 2.68. The summed E-state index contributed by atoms with van der Waals surface area (Å²) >= 11 is 0. The number of hydrogen-bond donors (Lipinski definition) is 1. The second-order valence-electron chi connectivity index (χ2n) is 5.83. The molecule has 1 N–H and O–H groups in total. The predicted molar refractivity (Wildman–Crippen MR) is 102 cm³/mol. The van der Waals surface area contributed by atoms with Crippen LogP contribution < -0.4 is 10.2 Å². The number of carbonyl (C=O) groups is 1. The first-order valence-corrected chi connectivity index (χ1v) is 8.48. The summed E-state index contributed by atoms with van der Waals surface area (Å²) in [5, 5.41) is 2.57. The van der Waals surface area contributed by atoms with Gasteiger partial charge in [0.05, 0.1) is 5.69 Å². The molecule has 26 heavy (non-hydrogen) atoms. The van der Waals surface area contributed by atoms with Gasteiger partial charge in [-0.25, -0.2) is 4.39 Å². The van der Waals surface area contributed by atoms with Crippen LogP contribution in [0.4, 0.5) is 15.8 Å². The molecule has 0 saturated heterocycles. The molecule has 3 rings (SSSR count). The molecule has 0 aliphatic carbocycles. The van der Waals surface area contributed by atoms with Crippen molar-refractivity contribution in [3.63, 3.8) is 0 Å². The first-order chi connectivity index (χ1) is 12.7. The summed E-state index contributed by atoms with van der Waals surface area (Å²) in [7, 11) is 0. The highest BCUT2D eigenvalue weighted by atomic mass is 19.1. The Morgan fingerprint density at radius 3 is 2.54 bits per heavy atom. The highest BCUT2D eigenvalue weighted by Gasteiger charge is 2.13. The second-order valence-corrected chi connectivity index (χ2v) is 5.83. The molecular formula is C21H20FN3O. The second kappa shape index (κ2) is 8.25. The van der Waals surface area contributed by atoms with Crippen molar-refractivity contribution < 1.29 is 9.18 Å². The maximum Gasteiger partial charge on any atom is 0.274 e. The van der Waals surface area contributed by atoms with Gasteiger partial charge in [-0.3, -0.25) is 9.78 Å². The number of benzene rings is 2. The average molecular weight is 349 g/mol. The maximum atomic E-state index is 13.7. The SMILES string of the molecule is CCN(Cc1ccccc1)c1ccnc(C(=O)Nc2ccccc2F)c1. The Labute approximate surface area is 152 Å². The van der Waals surface area contributed by atoms with Crippen LogP contribution in [0.3, 0.4) is 0 Å². The highest BCUT2D eigenvalue weighted by Crippen LogP contribution is 2.19. The molecule has 1 amide bonds. The van der Waals surface area contributed by atoms with Crippen molar-refractivity contribution in [2.45, 2.75) is 13.5 Å². The number of amides is 1. The fraction of sp³-hybridized carbons (Fsp3) is 0.143. The molecule has 0 bridgehead atoms. The van der Waals surface area contributed by atoms with Gasteiger partial charge >= 0.3 is 0 Å². The van der Waals surface area contributed by atoms with Gasteiger partial charge in [0, 0.05) is 25.0 Å². The number of halogens is 1. The lowest BCUT2D eigenvalue weighted by Gasteiger charge is -2.23. The Balaban J connectivity index is 1.78. The van der Waals surface area contributed by atoms with Gasteiger partial charge < -0.3 is 10.2 Å². The summed E-state index contributed by atoms with van der Waals surface area (Å²) in [6, 6.07) is 19.8. The van der Waals surface area contributed by atoms with Crippen molar-refractivity contribution in [2.24, 2.45) is 0 Å². The fourth-order valence-corrected chi connectivity index (χ4v) is 2.68. The zero-order valence-corrected chi connectivity index (χ0v) is 14.5. The predicted octanol–water partition coefficient (Wildman–Crippen LogP) is 4.50. The van der Waals surface area contributed by atoms with Crippen molar-refractivity contribution in [1.29, 1.82) is 0 Å². The zero-order chi connectivity index (χ0) is 18.4. The molecule has 0 unspecified atom stereocenters. The molecule has 1 aromatic heterocycles. The van der Waals surface area contributed by atoms with Gasteiger partial charge in [0.2, 0.25) is 0 Å². The van der Waals surface area contributed by atoms with E-state index in [0.29, 0.717) is 0 Å². The molecule has 0 aliphatic heterocycles. The van der Waals surface area contributed by atoms with Crippen LogP contribution in [0, 0.1) is 5.82 Å². The quantitative estimate of drug-likeness (QED) is 0.713. The van der Waals surface area contributed by atoms with Gasteiger partial charge in [-0.05, 0) is 36.8 Å². The Kier molecular flexibility index (Phi) is 5.59. The van der Waals surface area contributed by atoms with Gasteiger partial charge in [0.15, 0.2) is 0 Å². The third kappa shape index (κ3) is 4.25. The summed E-state index contributed by atoms with van der Waals surface area (Å²) in [4.78, 5) is 18.7. The van der Waals surface area contributed by atoms with Crippen molar-refractivity contribution in [2.75, 3.05) is 16.8 Å². The van der Waals surface area contributed by atoms with Gasteiger partial charge in [-0.2, -0.15) is 0 Å². The summed E-state index contributed by atoms with van der Waals surface area (Å²) < 4.78 is 13.7. The Morgan fingerprint density at radius 2 is 1.81 bits per heavy atom. The standard InChI is InChI=1S/C21H20FN3O/c1-2-25(15-16-8-4-3-5-9-16)17-12-13-23-20(14-17)21(26)24-19-11-7-6-10-18(19)22/h3-14H,2,15H2,1H3,(H,24,26). The Morgan fingerprint density at radius 1 is 1.08 bits per heavy atom. The van der Waals surface area contributed by atoms with Crippen LogP contribution in [0.25, 0.3) is 0 Å². The third-order valence-electron chi connectivity index (χ3n) is 4.06. The molecule has 0 radical (unpaired) electrons. The number of pyridine rings is 1. The van der Waals surface area contributed by atoms with Crippen LogP contribution in [-0.2, 0) is 6.54 Å². The number of hydrogen-bond acceptors (Lipinski definition) is 3. The van der Waals surface area contributed by atoms with E-state index in [1.165, 1.54) is 17.7 Å². The van der Waals surface area contributed by atoms with Gasteiger partial charge in [-0.15, -0.1) is 0 Å². The minimum Gasteiger partial charge on any atom is -0.367 e. The van der Waals surface area contributed by atoms with E-state index < -0.39 is 11.7 Å². The van der Waals surface area contributed by atoms with Crippen LogP contribution in [0.5, 0.6) is 0 Å². The summed E-state index contributed by atoms with van der Waals surface area (Å²) in [6.45, 7) is 3.57. The van der Waals surface area contributed by atoms with Crippen LogP contribution in [0.2, 0.25) is 0 Å². The molecule has 0 fully saturated rings. The van der Waals surface area contributed by atoms with E-state index in [9.17, 15) is 9.18 Å². The number of nitrogens with zero attached hydrogens (tertiary/aromatic N) is 2. The molecular weight excluding hydrogens is 329 g/mol. The lowest BCUT2D eigenvalue weighted by atomic mass is 10.2. The molecule has 4 nitrogen and oxygen atoms in total. The largest absolute Gasteiger partial charge is 0.367 e. The molecule has 132 valence electrons. The van der Waals surface area contributed by atoms with E-state index in [-0.39, 0.29) is 11.4 Å². The minimum atomic E-state index is -0.476. The molecule has 1 heterocycles. The molecule has 0 aliphatic rings. The molecule has 0 saturated carbocycles. The van der Waals surface area contributed by atoms with Crippen LogP contribution >= 0.6 is 0 Å². The number of para-hydroxylation sites is 1. The number of aromatic nitrogens is 1. The van der Waals surface area contributed by atoms with E-state index in [1.54, 1.807) is 24.4 Å². The molecule has 0 spiro atoms. The van der Waals surface area contributed by atoms with Crippen molar-refractivity contribution in [3.05, 3.63) is 90.0 Å². The Bertz CT molecular complexity index is 883. The van der Waals surface area contributed by atoms with Gasteiger partial charge in [0.1, 0.15) is 11.5 Å². The number of rotatable bonds is 6. The van der Waals surface area contributed by atoms with E-state index in [4.69, 9.17) is 0 Å². The van der Waals surface area contributed by atoms with Gasteiger partial charge in [-0.1, -0.05) is 42.5 Å².